The van der Waals surface area contributed by atoms with Crippen LogP contribution in [-0.2, 0) is 6.42 Å². The van der Waals surface area contributed by atoms with Crippen LogP contribution in [0.15, 0.2) is 65.1 Å². The van der Waals surface area contributed by atoms with Crippen molar-refractivity contribution in [2.45, 2.75) is 12.8 Å². The van der Waals surface area contributed by atoms with E-state index in [4.69, 9.17) is 0 Å². The lowest BCUT2D eigenvalue weighted by atomic mass is 10.1. The highest BCUT2D eigenvalue weighted by Crippen LogP contribution is 2.17. The zero-order valence-electron chi connectivity index (χ0n) is 9.64. The average Bonchev–Trinajstić information content (AvgIpc) is 2.38. The van der Waals surface area contributed by atoms with Crippen molar-refractivity contribution in [3.8, 4) is 0 Å². The maximum Gasteiger partial charge on any atom is 0.0207 e. The van der Waals surface area contributed by atoms with Crippen molar-refractivity contribution in [2.24, 2.45) is 0 Å². The molecular formula is C16H15Br. The average molecular weight is 287 g/mol. The Morgan fingerprint density at radius 3 is 2.35 bits per heavy atom. The predicted molar refractivity (Wildman–Crippen MR) is 77.9 cm³/mol. The second-order valence-electron chi connectivity index (χ2n) is 3.94. The van der Waals surface area contributed by atoms with E-state index in [9.17, 15) is 0 Å². The van der Waals surface area contributed by atoms with Crippen LogP contribution in [0.4, 0.5) is 0 Å². The lowest BCUT2D eigenvalue weighted by molar-refractivity contribution is 0.998. The molecule has 0 radical (unpaired) electrons. The molecule has 1 heteroatoms. The van der Waals surface area contributed by atoms with Crippen molar-refractivity contribution in [2.75, 3.05) is 0 Å². The first-order valence-electron chi connectivity index (χ1n) is 5.81. The van der Waals surface area contributed by atoms with Gasteiger partial charge in [0.05, 0.1) is 0 Å². The molecular weight excluding hydrogens is 272 g/mol. The monoisotopic (exact) mass is 286 g/mol. The Morgan fingerprint density at radius 2 is 1.59 bits per heavy atom. The van der Waals surface area contributed by atoms with Crippen molar-refractivity contribution < 1.29 is 0 Å². The summed E-state index contributed by atoms with van der Waals surface area (Å²) in [5, 5.41) is 0. The van der Waals surface area contributed by atoms with Crippen LogP contribution in [0, 0.1) is 0 Å². The van der Waals surface area contributed by atoms with E-state index in [-0.39, 0.29) is 0 Å². The van der Waals surface area contributed by atoms with Gasteiger partial charge in [-0.3, -0.25) is 0 Å². The van der Waals surface area contributed by atoms with Gasteiger partial charge in [-0.1, -0.05) is 76.6 Å². The highest BCUT2D eigenvalue weighted by molar-refractivity contribution is 9.10. The largest absolute Gasteiger partial charge is 0.0836 e. The SMILES string of the molecule is Brc1ccccc1CC/C=C\c1ccccc1. The molecule has 2 aromatic rings. The van der Waals surface area contributed by atoms with Crippen LogP contribution in [0.5, 0.6) is 0 Å². The molecule has 0 heterocycles. The van der Waals surface area contributed by atoms with E-state index < -0.39 is 0 Å². The fourth-order valence-corrected chi connectivity index (χ4v) is 2.21. The van der Waals surface area contributed by atoms with Gasteiger partial charge in [0.15, 0.2) is 0 Å². The molecule has 0 unspecified atom stereocenters. The Morgan fingerprint density at radius 1 is 0.882 bits per heavy atom. The third-order valence-electron chi connectivity index (χ3n) is 2.65. The highest BCUT2D eigenvalue weighted by atomic mass is 79.9. The molecule has 0 aliphatic heterocycles. The van der Waals surface area contributed by atoms with Gasteiger partial charge in [-0.25, -0.2) is 0 Å². The molecule has 2 aromatic carbocycles. The molecule has 0 N–H and O–H groups in total. The second-order valence-corrected chi connectivity index (χ2v) is 4.80. The van der Waals surface area contributed by atoms with Gasteiger partial charge in [0, 0.05) is 4.47 Å². The van der Waals surface area contributed by atoms with E-state index in [0.717, 1.165) is 12.8 Å². The van der Waals surface area contributed by atoms with Crippen LogP contribution < -0.4 is 0 Å². The Balaban J connectivity index is 1.88. The number of halogens is 1. The second kappa shape index (κ2) is 6.41. The van der Waals surface area contributed by atoms with Crippen LogP contribution in [0.25, 0.3) is 6.08 Å². The molecule has 0 aromatic heterocycles. The Hall–Kier alpha value is -1.34. The zero-order valence-corrected chi connectivity index (χ0v) is 11.2. The molecule has 0 nitrogen and oxygen atoms in total. The number of hydrogen-bond donors (Lipinski definition) is 0. The lowest BCUT2D eigenvalue weighted by Gasteiger charge is -2.01. The molecule has 0 saturated heterocycles. The Kier molecular flexibility index (Phi) is 4.57. The summed E-state index contributed by atoms with van der Waals surface area (Å²) in [5.41, 5.74) is 2.63. The lowest BCUT2D eigenvalue weighted by Crippen LogP contribution is -1.84. The van der Waals surface area contributed by atoms with Crippen molar-refractivity contribution >= 4 is 22.0 Å². The van der Waals surface area contributed by atoms with E-state index in [1.165, 1.54) is 15.6 Å². The molecule has 0 spiro atoms. The number of hydrogen-bond acceptors (Lipinski definition) is 0. The first-order valence-corrected chi connectivity index (χ1v) is 6.60. The minimum Gasteiger partial charge on any atom is -0.0836 e. The molecule has 0 aliphatic carbocycles. The number of allylic oxidation sites excluding steroid dienone is 1. The van der Waals surface area contributed by atoms with Crippen LogP contribution in [0.1, 0.15) is 17.5 Å². The molecule has 17 heavy (non-hydrogen) atoms. The fraction of sp³-hybridized carbons (Fsp3) is 0.125. The minimum absolute atomic E-state index is 1.07. The van der Waals surface area contributed by atoms with Crippen molar-refractivity contribution in [3.63, 3.8) is 0 Å². The first kappa shape index (κ1) is 12.1. The molecule has 0 amide bonds. The zero-order chi connectivity index (χ0) is 11.9. The molecule has 0 atom stereocenters. The van der Waals surface area contributed by atoms with Gasteiger partial charge in [-0.2, -0.15) is 0 Å². The summed E-state index contributed by atoms with van der Waals surface area (Å²) >= 11 is 3.57. The van der Waals surface area contributed by atoms with Crippen LogP contribution in [0.2, 0.25) is 0 Å². The van der Waals surface area contributed by atoms with Gasteiger partial charge in [0.1, 0.15) is 0 Å². The Labute approximate surface area is 111 Å². The molecule has 0 saturated carbocycles. The van der Waals surface area contributed by atoms with Crippen LogP contribution >= 0.6 is 15.9 Å². The van der Waals surface area contributed by atoms with E-state index in [1.54, 1.807) is 0 Å². The van der Waals surface area contributed by atoms with Gasteiger partial charge < -0.3 is 0 Å². The third kappa shape index (κ3) is 3.86. The standard InChI is InChI=1S/C16H15Br/c17-16-13-7-6-12-15(16)11-5-4-10-14-8-2-1-3-9-14/h1-4,6-10,12-13H,5,11H2/b10-4-. The molecule has 2 rings (SSSR count). The number of aryl methyl sites for hydroxylation is 1. The van der Waals surface area contributed by atoms with Crippen molar-refractivity contribution in [1.82, 2.24) is 0 Å². The minimum atomic E-state index is 1.07. The van der Waals surface area contributed by atoms with Gasteiger partial charge in [0.25, 0.3) is 0 Å². The van der Waals surface area contributed by atoms with Crippen LogP contribution in [-0.4, -0.2) is 0 Å². The summed E-state index contributed by atoms with van der Waals surface area (Å²) in [5.74, 6) is 0. The highest BCUT2D eigenvalue weighted by Gasteiger charge is 1.95. The van der Waals surface area contributed by atoms with E-state index in [0.29, 0.717) is 0 Å². The molecule has 0 aliphatic rings. The summed E-state index contributed by atoms with van der Waals surface area (Å²) in [6.45, 7) is 0. The predicted octanol–water partition coefficient (Wildman–Crippen LogP) is 5.10. The maximum absolute atomic E-state index is 3.57. The summed E-state index contributed by atoms with van der Waals surface area (Å²) in [6.07, 6.45) is 6.55. The molecule has 86 valence electrons. The summed E-state index contributed by atoms with van der Waals surface area (Å²) in [6, 6.07) is 18.8. The summed E-state index contributed by atoms with van der Waals surface area (Å²) < 4.78 is 1.20. The van der Waals surface area contributed by atoms with Crippen molar-refractivity contribution in [3.05, 3.63) is 76.3 Å². The van der Waals surface area contributed by atoms with Gasteiger partial charge in [-0.15, -0.1) is 0 Å². The maximum atomic E-state index is 3.57. The van der Waals surface area contributed by atoms with E-state index in [2.05, 4.69) is 70.5 Å². The van der Waals surface area contributed by atoms with Gasteiger partial charge in [-0.05, 0) is 30.0 Å². The van der Waals surface area contributed by atoms with Crippen molar-refractivity contribution in [1.29, 1.82) is 0 Å². The quantitative estimate of drug-likeness (QED) is 0.734. The van der Waals surface area contributed by atoms with E-state index >= 15 is 0 Å². The third-order valence-corrected chi connectivity index (χ3v) is 3.42. The Bertz CT molecular complexity index is 486. The van der Waals surface area contributed by atoms with Gasteiger partial charge >= 0.3 is 0 Å². The fourth-order valence-electron chi connectivity index (χ4n) is 1.72. The van der Waals surface area contributed by atoms with E-state index in [1.807, 2.05) is 12.1 Å². The normalized spacial score (nSPS) is 10.9. The molecule has 0 fully saturated rings. The van der Waals surface area contributed by atoms with Gasteiger partial charge in [0.2, 0.25) is 0 Å². The summed E-state index contributed by atoms with van der Waals surface area (Å²) in [7, 11) is 0. The molecule has 0 bridgehead atoms. The number of benzene rings is 2. The smallest absolute Gasteiger partial charge is 0.0207 e. The summed E-state index contributed by atoms with van der Waals surface area (Å²) in [4.78, 5) is 0. The van der Waals surface area contributed by atoms with Crippen LogP contribution in [0.3, 0.4) is 0 Å². The number of rotatable bonds is 4. The first-order chi connectivity index (χ1) is 8.36. The topological polar surface area (TPSA) is 0 Å².